The zero-order valence-corrected chi connectivity index (χ0v) is 13.6. The van der Waals surface area contributed by atoms with E-state index in [-0.39, 0.29) is 18.0 Å². The lowest BCUT2D eigenvalue weighted by Gasteiger charge is -2.05. The van der Waals surface area contributed by atoms with Gasteiger partial charge >= 0.3 is 5.97 Å². The van der Waals surface area contributed by atoms with E-state index in [0.717, 1.165) is 11.3 Å². The van der Waals surface area contributed by atoms with Crippen LogP contribution in [0.4, 0.5) is 0 Å². The molecule has 0 atom stereocenters. The van der Waals surface area contributed by atoms with Crippen molar-refractivity contribution < 1.29 is 14.7 Å². The highest BCUT2D eigenvalue weighted by molar-refractivity contribution is 5.95. The van der Waals surface area contributed by atoms with Crippen LogP contribution in [0.15, 0.2) is 60.8 Å². The molecule has 6 heteroatoms. The summed E-state index contributed by atoms with van der Waals surface area (Å²) in [5.74, 6) is -1.24. The molecular weight excluding hydrogens is 318 g/mol. The van der Waals surface area contributed by atoms with Crippen LogP contribution < -0.4 is 5.32 Å². The Hall–Kier alpha value is -3.41. The molecule has 0 aliphatic heterocycles. The van der Waals surface area contributed by atoms with Crippen LogP contribution in [0.25, 0.3) is 5.69 Å². The molecule has 0 aliphatic carbocycles. The molecule has 0 fully saturated rings. The van der Waals surface area contributed by atoms with Crippen LogP contribution in [0.3, 0.4) is 0 Å². The first-order valence-electron chi connectivity index (χ1n) is 7.77. The molecule has 0 spiro atoms. The average molecular weight is 335 g/mol. The summed E-state index contributed by atoms with van der Waals surface area (Å²) in [7, 11) is 0. The largest absolute Gasteiger partial charge is 0.478 e. The Morgan fingerprint density at radius 1 is 1.12 bits per heavy atom. The molecule has 0 aliphatic rings. The second kappa shape index (κ2) is 7.00. The molecule has 2 N–H and O–H groups in total. The zero-order valence-electron chi connectivity index (χ0n) is 13.6. The monoisotopic (exact) mass is 335 g/mol. The van der Waals surface area contributed by atoms with Crippen molar-refractivity contribution in [2.75, 3.05) is 0 Å². The molecule has 0 radical (unpaired) electrons. The van der Waals surface area contributed by atoms with Gasteiger partial charge in [0.1, 0.15) is 0 Å². The second-order valence-corrected chi connectivity index (χ2v) is 5.60. The molecule has 3 rings (SSSR count). The zero-order chi connectivity index (χ0) is 17.8. The predicted molar refractivity (Wildman–Crippen MR) is 92.9 cm³/mol. The highest BCUT2D eigenvalue weighted by atomic mass is 16.4. The molecule has 0 saturated carbocycles. The molecule has 25 heavy (non-hydrogen) atoms. The fourth-order valence-corrected chi connectivity index (χ4v) is 2.49. The number of rotatable bonds is 5. The number of aromatic nitrogens is 2. The Bertz CT molecular complexity index is 917. The summed E-state index contributed by atoms with van der Waals surface area (Å²) in [6.45, 7) is 2.02. The Labute approximate surface area is 144 Å². The molecule has 6 nitrogen and oxygen atoms in total. The normalized spacial score (nSPS) is 10.4. The Morgan fingerprint density at radius 2 is 1.88 bits per heavy atom. The van der Waals surface area contributed by atoms with Crippen LogP contribution in [-0.4, -0.2) is 26.8 Å². The van der Waals surface area contributed by atoms with Crippen molar-refractivity contribution in [3.8, 4) is 5.69 Å². The van der Waals surface area contributed by atoms with E-state index in [1.165, 1.54) is 6.07 Å². The lowest BCUT2D eigenvalue weighted by Crippen LogP contribution is -2.23. The van der Waals surface area contributed by atoms with Crippen molar-refractivity contribution in [1.29, 1.82) is 0 Å². The Morgan fingerprint density at radius 3 is 2.60 bits per heavy atom. The molecule has 3 aromatic rings. The van der Waals surface area contributed by atoms with E-state index in [9.17, 15) is 9.59 Å². The minimum atomic E-state index is -0.992. The number of para-hydroxylation sites is 1. The summed E-state index contributed by atoms with van der Waals surface area (Å²) in [4.78, 5) is 23.4. The van der Waals surface area contributed by atoms with Crippen LogP contribution >= 0.6 is 0 Å². The first kappa shape index (κ1) is 16.4. The smallest absolute Gasteiger partial charge is 0.335 e. The molecule has 1 heterocycles. The third-order valence-electron chi connectivity index (χ3n) is 3.79. The standard InChI is InChI=1S/C19H17N3O3/c1-13-17(12-22(21-13)16-8-3-2-4-9-16)18(23)20-11-14-6-5-7-15(10-14)19(24)25/h2-10,12H,11H2,1H3,(H,20,23)(H,24,25). The third-order valence-corrected chi connectivity index (χ3v) is 3.79. The van der Waals surface area contributed by atoms with Gasteiger partial charge in [0.15, 0.2) is 0 Å². The molecule has 2 aromatic carbocycles. The van der Waals surface area contributed by atoms with Gasteiger partial charge in [0.2, 0.25) is 0 Å². The number of carboxylic acid groups (broad SMARTS) is 1. The first-order chi connectivity index (χ1) is 12.0. The average Bonchev–Trinajstić information content (AvgIpc) is 3.02. The summed E-state index contributed by atoms with van der Waals surface area (Å²) < 4.78 is 1.66. The number of carbonyl (C=O) groups excluding carboxylic acids is 1. The van der Waals surface area contributed by atoms with Gasteiger partial charge in [-0.2, -0.15) is 5.10 Å². The lowest BCUT2D eigenvalue weighted by atomic mass is 10.1. The van der Waals surface area contributed by atoms with Crippen LogP contribution in [0, 0.1) is 6.92 Å². The number of nitrogens with one attached hydrogen (secondary N) is 1. The van der Waals surface area contributed by atoms with Gasteiger partial charge in [-0.05, 0) is 36.8 Å². The van der Waals surface area contributed by atoms with E-state index in [1.807, 2.05) is 30.3 Å². The SMILES string of the molecule is Cc1nn(-c2ccccc2)cc1C(=O)NCc1cccc(C(=O)O)c1. The van der Waals surface area contributed by atoms with Gasteiger partial charge in [-0.15, -0.1) is 0 Å². The van der Waals surface area contributed by atoms with Crippen molar-refractivity contribution in [3.63, 3.8) is 0 Å². The summed E-state index contributed by atoms with van der Waals surface area (Å²) in [5.41, 5.74) is 2.90. The first-order valence-corrected chi connectivity index (χ1v) is 7.77. The Balaban J connectivity index is 1.73. The molecule has 0 saturated heterocycles. The number of benzene rings is 2. The van der Waals surface area contributed by atoms with Gasteiger partial charge in [-0.3, -0.25) is 4.79 Å². The summed E-state index contributed by atoms with van der Waals surface area (Å²) in [6.07, 6.45) is 1.69. The molecular formula is C19H17N3O3. The number of aromatic carboxylic acids is 1. The van der Waals surface area contributed by atoms with Crippen molar-refractivity contribution in [1.82, 2.24) is 15.1 Å². The quantitative estimate of drug-likeness (QED) is 0.751. The number of carboxylic acids is 1. The topological polar surface area (TPSA) is 84.2 Å². The summed E-state index contributed by atoms with van der Waals surface area (Å²) in [5, 5.41) is 16.2. The van der Waals surface area contributed by atoms with E-state index in [0.29, 0.717) is 11.3 Å². The van der Waals surface area contributed by atoms with Crippen molar-refractivity contribution in [2.45, 2.75) is 13.5 Å². The number of hydrogen-bond donors (Lipinski definition) is 2. The molecule has 1 amide bonds. The van der Waals surface area contributed by atoms with Crippen molar-refractivity contribution in [2.24, 2.45) is 0 Å². The van der Waals surface area contributed by atoms with Crippen LogP contribution in [0.2, 0.25) is 0 Å². The Kier molecular flexibility index (Phi) is 4.61. The van der Waals surface area contributed by atoms with Gasteiger partial charge in [-0.25, -0.2) is 9.48 Å². The minimum absolute atomic E-state index is 0.194. The molecule has 126 valence electrons. The maximum atomic E-state index is 12.4. The molecule has 1 aromatic heterocycles. The van der Waals surface area contributed by atoms with Gasteiger partial charge in [0.25, 0.3) is 5.91 Å². The van der Waals surface area contributed by atoms with Gasteiger partial charge in [0.05, 0.1) is 22.5 Å². The number of nitrogens with zero attached hydrogens (tertiary/aromatic N) is 2. The highest BCUT2D eigenvalue weighted by Gasteiger charge is 2.14. The van der Waals surface area contributed by atoms with Crippen LogP contribution in [0.5, 0.6) is 0 Å². The maximum Gasteiger partial charge on any atom is 0.335 e. The van der Waals surface area contributed by atoms with E-state index in [1.54, 1.807) is 36.0 Å². The van der Waals surface area contributed by atoms with E-state index >= 15 is 0 Å². The van der Waals surface area contributed by atoms with Gasteiger partial charge < -0.3 is 10.4 Å². The maximum absolute atomic E-state index is 12.4. The summed E-state index contributed by atoms with van der Waals surface area (Å²) in [6, 6.07) is 16.0. The lowest BCUT2D eigenvalue weighted by molar-refractivity contribution is 0.0696. The minimum Gasteiger partial charge on any atom is -0.478 e. The highest BCUT2D eigenvalue weighted by Crippen LogP contribution is 2.12. The van der Waals surface area contributed by atoms with Gasteiger partial charge in [-0.1, -0.05) is 30.3 Å². The second-order valence-electron chi connectivity index (χ2n) is 5.60. The number of hydrogen-bond acceptors (Lipinski definition) is 3. The number of amides is 1. The van der Waals surface area contributed by atoms with E-state index in [4.69, 9.17) is 5.11 Å². The predicted octanol–water partition coefficient (Wildman–Crippen LogP) is 2.81. The number of aryl methyl sites for hydroxylation is 1. The van der Waals surface area contributed by atoms with E-state index < -0.39 is 5.97 Å². The van der Waals surface area contributed by atoms with E-state index in [2.05, 4.69) is 10.4 Å². The fourth-order valence-electron chi connectivity index (χ4n) is 2.49. The van der Waals surface area contributed by atoms with Crippen LogP contribution in [-0.2, 0) is 6.54 Å². The van der Waals surface area contributed by atoms with Gasteiger partial charge in [0, 0.05) is 12.7 Å². The fraction of sp³-hybridized carbons (Fsp3) is 0.105. The third kappa shape index (κ3) is 3.74. The summed E-state index contributed by atoms with van der Waals surface area (Å²) >= 11 is 0. The molecule has 0 bridgehead atoms. The molecule has 0 unspecified atom stereocenters. The van der Waals surface area contributed by atoms with Crippen molar-refractivity contribution >= 4 is 11.9 Å². The van der Waals surface area contributed by atoms with Crippen LogP contribution in [0.1, 0.15) is 32.0 Å². The van der Waals surface area contributed by atoms with Crippen molar-refractivity contribution in [3.05, 3.63) is 83.2 Å². The number of carbonyl (C=O) groups is 2.